The van der Waals surface area contributed by atoms with E-state index < -0.39 is 0 Å². The number of fused-ring (bicyclic) bond motifs is 2. The molecule has 0 aromatic heterocycles. The maximum Gasteiger partial charge on any atom is 0.0134 e. The monoisotopic (exact) mass is 478 g/mol. The normalized spacial score (nSPS) is 17.4. The molecule has 0 unspecified atom stereocenters. The highest BCUT2D eigenvalue weighted by atomic mass is 14.5. The molecule has 0 atom stereocenters. The van der Waals surface area contributed by atoms with Gasteiger partial charge in [0.2, 0.25) is 0 Å². The van der Waals surface area contributed by atoms with Crippen molar-refractivity contribution in [2.75, 3.05) is 0 Å². The fourth-order valence-electron chi connectivity index (χ4n) is 7.40. The first-order valence-electron chi connectivity index (χ1n) is 13.9. The molecule has 0 radical (unpaired) electrons. The maximum absolute atomic E-state index is 2.59. The van der Waals surface area contributed by atoms with Crippen molar-refractivity contribution < 1.29 is 0 Å². The highest BCUT2D eigenvalue weighted by molar-refractivity contribution is 5.85. The first-order valence-corrected chi connectivity index (χ1v) is 13.9. The lowest BCUT2D eigenvalue weighted by Crippen LogP contribution is -2.22. The van der Waals surface area contributed by atoms with E-state index in [0.29, 0.717) is 0 Å². The third-order valence-corrected chi connectivity index (χ3v) is 9.35. The summed E-state index contributed by atoms with van der Waals surface area (Å²) in [6, 6.07) is 31.6. The van der Waals surface area contributed by atoms with Gasteiger partial charge < -0.3 is 0 Å². The molecule has 37 heavy (non-hydrogen) atoms. The van der Waals surface area contributed by atoms with Gasteiger partial charge in [-0.05, 0) is 95.2 Å². The molecule has 0 spiro atoms. The number of aryl methyl sites for hydroxylation is 2. The molecule has 0 aliphatic heterocycles. The van der Waals surface area contributed by atoms with Crippen LogP contribution in [0.2, 0.25) is 0 Å². The van der Waals surface area contributed by atoms with Crippen LogP contribution < -0.4 is 0 Å². The number of hydrogen-bond acceptors (Lipinski definition) is 0. The smallest absolute Gasteiger partial charge is 0.0134 e. The summed E-state index contributed by atoms with van der Waals surface area (Å²) in [5, 5.41) is 0. The van der Waals surface area contributed by atoms with Crippen molar-refractivity contribution >= 4 is 12.2 Å². The molecule has 1 saturated carbocycles. The molecule has 0 heterocycles. The molecule has 0 bridgehead atoms. The Labute approximate surface area is 221 Å². The van der Waals surface area contributed by atoms with Crippen LogP contribution >= 0.6 is 0 Å². The van der Waals surface area contributed by atoms with Gasteiger partial charge in [0.1, 0.15) is 0 Å². The van der Waals surface area contributed by atoms with E-state index in [1.165, 1.54) is 81.3 Å². The first kappa shape index (κ1) is 22.5. The van der Waals surface area contributed by atoms with Crippen molar-refractivity contribution in [2.45, 2.75) is 52.4 Å². The lowest BCUT2D eigenvalue weighted by molar-refractivity contribution is 0.437. The summed E-state index contributed by atoms with van der Waals surface area (Å²) in [5.41, 5.74) is 17.6. The van der Waals surface area contributed by atoms with Gasteiger partial charge in [0.25, 0.3) is 0 Å². The Bertz CT molecular complexity index is 1470. The van der Waals surface area contributed by atoms with Crippen LogP contribution in [0.15, 0.2) is 96.1 Å². The van der Waals surface area contributed by atoms with E-state index in [0.717, 1.165) is 12.8 Å². The van der Waals surface area contributed by atoms with Crippen LogP contribution in [-0.2, 0) is 12.8 Å². The van der Waals surface area contributed by atoms with Crippen molar-refractivity contribution in [1.29, 1.82) is 0 Å². The average Bonchev–Trinajstić information content (AvgIpc) is 3.67. The van der Waals surface area contributed by atoms with Gasteiger partial charge in [-0.15, -0.1) is 0 Å². The molecule has 7 rings (SSSR count). The minimum absolute atomic E-state index is 0.198. The second kappa shape index (κ2) is 8.73. The summed E-state index contributed by atoms with van der Waals surface area (Å²) in [5.74, 6) is 0. The van der Waals surface area contributed by atoms with Crippen LogP contribution in [0, 0.1) is 19.3 Å². The molecule has 182 valence electrons. The van der Waals surface area contributed by atoms with E-state index >= 15 is 0 Å². The van der Waals surface area contributed by atoms with Crippen molar-refractivity contribution in [2.24, 2.45) is 5.41 Å². The topological polar surface area (TPSA) is 0 Å². The molecule has 4 aromatic rings. The number of hydrogen-bond donors (Lipinski definition) is 0. The van der Waals surface area contributed by atoms with Gasteiger partial charge in [-0.1, -0.05) is 121 Å². The van der Waals surface area contributed by atoms with E-state index in [1.54, 1.807) is 11.1 Å². The van der Waals surface area contributed by atoms with Crippen LogP contribution in [0.25, 0.3) is 34.4 Å². The summed E-state index contributed by atoms with van der Waals surface area (Å²) in [7, 11) is 0. The van der Waals surface area contributed by atoms with Crippen molar-refractivity contribution in [3.8, 4) is 22.3 Å². The van der Waals surface area contributed by atoms with E-state index in [9.17, 15) is 0 Å². The van der Waals surface area contributed by atoms with Gasteiger partial charge >= 0.3 is 0 Å². The van der Waals surface area contributed by atoms with Gasteiger partial charge in [0.15, 0.2) is 0 Å². The van der Waals surface area contributed by atoms with E-state index in [1.807, 2.05) is 0 Å². The number of allylic oxidation sites excluding steroid dienone is 2. The van der Waals surface area contributed by atoms with E-state index in [-0.39, 0.29) is 5.41 Å². The largest absolute Gasteiger partial charge is 0.0620 e. The Kier molecular flexibility index (Phi) is 5.32. The Balaban J connectivity index is 1.33. The van der Waals surface area contributed by atoms with Gasteiger partial charge in [0, 0.05) is 5.41 Å². The first-order chi connectivity index (χ1) is 18.1. The van der Waals surface area contributed by atoms with Crippen LogP contribution in [0.3, 0.4) is 0 Å². The zero-order valence-electron chi connectivity index (χ0n) is 22.0. The standard InChI is InChI=1S/C37H34/c1-25-11-3-5-15-31(25)33-17-9-13-27-21-29(23-35(27)33)37(19-7-8-20-37)30-22-28-14-10-18-34(36(28)24-30)32-16-6-4-12-26(32)2/h3-6,9-18,23-24H,7-8,19-22H2,1-2H3. The summed E-state index contributed by atoms with van der Waals surface area (Å²) >= 11 is 0. The van der Waals surface area contributed by atoms with Crippen LogP contribution in [-0.4, -0.2) is 0 Å². The molecule has 0 heteroatoms. The van der Waals surface area contributed by atoms with Crippen LogP contribution in [0.1, 0.15) is 59.1 Å². The maximum atomic E-state index is 2.59. The molecule has 0 N–H and O–H groups in total. The minimum atomic E-state index is 0.198. The second-order valence-corrected chi connectivity index (χ2v) is 11.4. The Morgan fingerprint density at radius 3 is 1.38 bits per heavy atom. The molecule has 0 nitrogen and oxygen atoms in total. The third-order valence-electron chi connectivity index (χ3n) is 9.35. The third kappa shape index (κ3) is 3.57. The predicted octanol–water partition coefficient (Wildman–Crippen LogP) is 9.78. The van der Waals surface area contributed by atoms with Crippen molar-refractivity contribution in [3.63, 3.8) is 0 Å². The molecular weight excluding hydrogens is 444 g/mol. The average molecular weight is 479 g/mol. The molecule has 0 amide bonds. The van der Waals surface area contributed by atoms with Gasteiger partial charge in [-0.25, -0.2) is 0 Å². The number of rotatable bonds is 4. The van der Waals surface area contributed by atoms with E-state index in [2.05, 4.69) is 111 Å². The lowest BCUT2D eigenvalue weighted by Gasteiger charge is -2.33. The summed E-state index contributed by atoms with van der Waals surface area (Å²) in [6.45, 7) is 4.47. The molecule has 1 fully saturated rings. The highest BCUT2D eigenvalue weighted by Gasteiger charge is 2.43. The molecule has 3 aliphatic rings. The fraction of sp³-hybridized carbons (Fsp3) is 0.243. The fourth-order valence-corrected chi connectivity index (χ4v) is 7.40. The van der Waals surface area contributed by atoms with Gasteiger partial charge in [-0.2, -0.15) is 0 Å². The van der Waals surface area contributed by atoms with Crippen molar-refractivity contribution in [1.82, 2.24) is 0 Å². The summed E-state index contributed by atoms with van der Waals surface area (Å²) in [4.78, 5) is 0. The van der Waals surface area contributed by atoms with Crippen LogP contribution in [0.4, 0.5) is 0 Å². The molecule has 0 saturated heterocycles. The zero-order chi connectivity index (χ0) is 25.0. The molecular formula is C37H34. The summed E-state index contributed by atoms with van der Waals surface area (Å²) < 4.78 is 0. The molecule has 4 aromatic carbocycles. The Morgan fingerprint density at radius 1 is 0.486 bits per heavy atom. The zero-order valence-corrected chi connectivity index (χ0v) is 22.0. The number of benzene rings is 4. The highest BCUT2D eigenvalue weighted by Crippen LogP contribution is 2.56. The predicted molar refractivity (Wildman–Crippen MR) is 157 cm³/mol. The quantitative estimate of drug-likeness (QED) is 0.274. The molecule has 3 aliphatic carbocycles. The summed E-state index contributed by atoms with van der Waals surface area (Å²) in [6.07, 6.45) is 12.6. The van der Waals surface area contributed by atoms with E-state index in [4.69, 9.17) is 0 Å². The van der Waals surface area contributed by atoms with Crippen LogP contribution in [0.5, 0.6) is 0 Å². The van der Waals surface area contributed by atoms with Crippen molar-refractivity contribution in [3.05, 3.63) is 129 Å². The second-order valence-electron chi connectivity index (χ2n) is 11.4. The minimum Gasteiger partial charge on any atom is -0.0620 e. The Hall–Kier alpha value is -3.64. The Morgan fingerprint density at radius 2 is 0.919 bits per heavy atom. The van der Waals surface area contributed by atoms with Gasteiger partial charge in [0.05, 0.1) is 0 Å². The van der Waals surface area contributed by atoms with Gasteiger partial charge in [-0.3, -0.25) is 0 Å². The SMILES string of the molecule is Cc1ccccc1-c1cccc2c1C=C(C1(C3=Cc4c(cccc4-c4ccccc4C)C3)CCCC1)C2. The lowest BCUT2D eigenvalue weighted by atomic mass is 9.71.